The first-order valence-electron chi connectivity index (χ1n) is 13.9. The SMILES string of the molecule is CCC1C=CC(C(O)C=C(C)C)OC(=O)C(C)=CCC(=O)Nc2cc(O)cc3c2OC2(CC1)CC(=O)C(C)C3O2. The number of aliphatic hydroxyl groups is 1. The average molecular weight is 554 g/mol. The van der Waals surface area contributed by atoms with Crippen molar-refractivity contribution >= 4 is 23.3 Å². The van der Waals surface area contributed by atoms with E-state index in [1.54, 1.807) is 26.0 Å². The van der Waals surface area contributed by atoms with Crippen LogP contribution >= 0.6 is 0 Å². The number of aliphatic hydroxyl groups excluding tert-OH is 1. The molecule has 3 aliphatic heterocycles. The fraction of sp³-hybridized carbons (Fsp3) is 0.516. The summed E-state index contributed by atoms with van der Waals surface area (Å²) < 4.78 is 18.5. The highest BCUT2D eigenvalue weighted by Crippen LogP contribution is 2.53. The smallest absolute Gasteiger partial charge is 0.334 e. The molecule has 1 aromatic carbocycles. The van der Waals surface area contributed by atoms with E-state index in [2.05, 4.69) is 5.32 Å². The maximum Gasteiger partial charge on any atom is 0.334 e. The number of ketones is 1. The summed E-state index contributed by atoms with van der Waals surface area (Å²) in [5.74, 6) is -2.46. The molecule has 1 aromatic rings. The molecule has 3 N–H and O–H groups in total. The zero-order valence-corrected chi connectivity index (χ0v) is 23.7. The third-order valence-corrected chi connectivity index (χ3v) is 7.71. The summed E-state index contributed by atoms with van der Waals surface area (Å²) in [5.41, 5.74) is 1.87. The zero-order valence-electron chi connectivity index (χ0n) is 23.7. The Balaban J connectivity index is 1.76. The first kappa shape index (κ1) is 29.6. The summed E-state index contributed by atoms with van der Waals surface area (Å²) in [6.07, 6.45) is 5.73. The zero-order chi connectivity index (χ0) is 29.2. The highest BCUT2D eigenvalue weighted by molar-refractivity contribution is 5.96. The van der Waals surface area contributed by atoms with Gasteiger partial charge in [0.15, 0.2) is 5.75 Å². The number of allylic oxidation sites excluding steroid dienone is 2. The Morgan fingerprint density at radius 3 is 2.67 bits per heavy atom. The molecule has 6 unspecified atom stereocenters. The van der Waals surface area contributed by atoms with E-state index in [1.165, 1.54) is 18.2 Å². The number of ether oxygens (including phenoxy) is 3. The van der Waals surface area contributed by atoms with Gasteiger partial charge in [0.05, 0.1) is 12.1 Å². The number of fused-ring (bicyclic) bond motifs is 2. The van der Waals surface area contributed by atoms with E-state index in [1.807, 2.05) is 26.8 Å². The first-order chi connectivity index (χ1) is 18.9. The number of benzene rings is 1. The van der Waals surface area contributed by atoms with Crippen LogP contribution < -0.4 is 10.1 Å². The molecule has 3 aliphatic rings. The van der Waals surface area contributed by atoms with Crippen molar-refractivity contribution in [1.29, 1.82) is 0 Å². The van der Waals surface area contributed by atoms with Gasteiger partial charge in [-0.3, -0.25) is 9.59 Å². The van der Waals surface area contributed by atoms with Crippen molar-refractivity contribution in [2.24, 2.45) is 11.8 Å². The Morgan fingerprint density at radius 2 is 1.98 bits per heavy atom. The Morgan fingerprint density at radius 1 is 1.23 bits per heavy atom. The van der Waals surface area contributed by atoms with Crippen molar-refractivity contribution in [3.63, 3.8) is 0 Å². The van der Waals surface area contributed by atoms with Gasteiger partial charge >= 0.3 is 5.97 Å². The maximum absolute atomic E-state index is 13.1. The largest absolute Gasteiger partial charge is 0.508 e. The number of anilines is 1. The molecule has 4 rings (SSSR count). The topological polar surface area (TPSA) is 131 Å². The molecule has 9 heteroatoms. The molecule has 3 heterocycles. The monoisotopic (exact) mass is 553 g/mol. The number of cyclic esters (lactones) is 1. The third kappa shape index (κ3) is 6.47. The predicted molar refractivity (Wildman–Crippen MR) is 149 cm³/mol. The van der Waals surface area contributed by atoms with Gasteiger partial charge in [-0.2, -0.15) is 0 Å². The van der Waals surface area contributed by atoms with Crippen LogP contribution in [0.1, 0.15) is 78.4 Å². The summed E-state index contributed by atoms with van der Waals surface area (Å²) in [6, 6.07) is 2.91. The summed E-state index contributed by atoms with van der Waals surface area (Å²) in [4.78, 5) is 38.8. The van der Waals surface area contributed by atoms with Crippen LogP contribution in [-0.2, 0) is 23.9 Å². The quantitative estimate of drug-likeness (QED) is 0.351. The van der Waals surface area contributed by atoms with Gasteiger partial charge in [0.25, 0.3) is 0 Å². The van der Waals surface area contributed by atoms with Gasteiger partial charge < -0.3 is 29.7 Å². The number of carbonyl (C=O) groups excluding carboxylic acids is 3. The average Bonchev–Trinajstić information content (AvgIpc) is 2.89. The van der Waals surface area contributed by atoms with E-state index >= 15 is 0 Å². The molecule has 40 heavy (non-hydrogen) atoms. The molecule has 1 fully saturated rings. The number of amides is 1. The fourth-order valence-electron chi connectivity index (χ4n) is 5.32. The Labute approximate surface area is 234 Å². The Kier molecular flexibility index (Phi) is 8.85. The van der Waals surface area contributed by atoms with Crippen molar-refractivity contribution in [3.05, 3.63) is 53.1 Å². The minimum Gasteiger partial charge on any atom is -0.508 e. The number of nitrogens with one attached hydrogen (secondary N) is 1. The Bertz CT molecular complexity index is 1260. The molecule has 216 valence electrons. The number of carbonyl (C=O) groups is 3. The molecule has 6 atom stereocenters. The van der Waals surface area contributed by atoms with Crippen LogP contribution in [0, 0.1) is 11.8 Å². The van der Waals surface area contributed by atoms with Crippen LogP contribution in [0.4, 0.5) is 5.69 Å². The van der Waals surface area contributed by atoms with E-state index in [9.17, 15) is 24.6 Å². The van der Waals surface area contributed by atoms with Crippen LogP contribution in [0.15, 0.2) is 47.6 Å². The summed E-state index contributed by atoms with van der Waals surface area (Å²) in [7, 11) is 0. The Hall–Kier alpha value is -3.43. The van der Waals surface area contributed by atoms with Crippen LogP contribution in [-0.4, -0.2) is 45.9 Å². The molecule has 1 spiro atoms. The van der Waals surface area contributed by atoms with E-state index in [-0.39, 0.29) is 41.6 Å². The molecule has 0 aromatic heterocycles. The van der Waals surface area contributed by atoms with Gasteiger partial charge in [-0.1, -0.05) is 37.6 Å². The standard InChI is InChI=1S/C31H39NO8/c1-6-20-8-9-26(24(34)13-17(2)3)38-30(37)18(4)7-10-27(36)32-23-15-21(33)14-22-28-19(5)25(35)16-31(39-28,12-11-20)40-29(22)23/h7-9,13-15,19-20,24,26,28,33-34H,6,10-12,16H2,1-5H3,(H,32,36). The minimum atomic E-state index is -1.23. The molecule has 0 radical (unpaired) electrons. The van der Waals surface area contributed by atoms with Crippen LogP contribution in [0.25, 0.3) is 0 Å². The summed E-state index contributed by atoms with van der Waals surface area (Å²) >= 11 is 0. The number of Topliss-reactive ketones (excluding diaryl/α,β-unsaturated/α-hetero) is 1. The number of phenolic OH excluding ortho intramolecular Hbond substituents is 1. The lowest BCUT2D eigenvalue weighted by Gasteiger charge is -2.48. The second-order valence-electron chi connectivity index (χ2n) is 11.2. The lowest BCUT2D eigenvalue weighted by atomic mass is 9.82. The summed E-state index contributed by atoms with van der Waals surface area (Å²) in [6.45, 7) is 9.06. The molecular weight excluding hydrogens is 514 g/mol. The van der Waals surface area contributed by atoms with Crippen molar-refractivity contribution in [1.82, 2.24) is 0 Å². The maximum atomic E-state index is 13.1. The van der Waals surface area contributed by atoms with E-state index in [0.29, 0.717) is 24.2 Å². The lowest BCUT2D eigenvalue weighted by Crippen LogP contribution is -2.52. The highest BCUT2D eigenvalue weighted by Gasteiger charge is 2.52. The normalized spacial score (nSPS) is 29.8. The number of aromatic hydroxyl groups is 1. The van der Waals surface area contributed by atoms with Gasteiger partial charge in [0.2, 0.25) is 11.7 Å². The van der Waals surface area contributed by atoms with E-state index < -0.39 is 41.9 Å². The number of hydrogen-bond acceptors (Lipinski definition) is 8. The molecule has 0 saturated carbocycles. The van der Waals surface area contributed by atoms with Crippen molar-refractivity contribution < 1.29 is 38.8 Å². The van der Waals surface area contributed by atoms with Crippen LogP contribution in [0.2, 0.25) is 0 Å². The van der Waals surface area contributed by atoms with Crippen molar-refractivity contribution in [2.45, 2.75) is 90.8 Å². The molecule has 0 aliphatic carbocycles. The van der Waals surface area contributed by atoms with Gasteiger partial charge in [0.1, 0.15) is 29.8 Å². The van der Waals surface area contributed by atoms with Gasteiger partial charge in [-0.25, -0.2) is 4.79 Å². The minimum absolute atomic E-state index is 0.00254. The second-order valence-corrected chi connectivity index (χ2v) is 11.2. The van der Waals surface area contributed by atoms with Crippen molar-refractivity contribution in [2.75, 3.05) is 5.32 Å². The molecule has 9 nitrogen and oxygen atoms in total. The fourth-order valence-corrected chi connectivity index (χ4v) is 5.32. The van der Waals surface area contributed by atoms with Gasteiger partial charge in [-0.15, -0.1) is 0 Å². The second kappa shape index (κ2) is 12.0. The van der Waals surface area contributed by atoms with Crippen LogP contribution in [0.5, 0.6) is 11.5 Å². The van der Waals surface area contributed by atoms with E-state index in [4.69, 9.17) is 14.2 Å². The first-order valence-corrected chi connectivity index (χ1v) is 13.9. The number of esters is 1. The third-order valence-electron chi connectivity index (χ3n) is 7.71. The number of rotatable bonds is 3. The predicted octanol–water partition coefficient (Wildman–Crippen LogP) is 5.04. The molecule has 1 amide bonds. The molecule has 1 saturated heterocycles. The van der Waals surface area contributed by atoms with Crippen molar-refractivity contribution in [3.8, 4) is 11.5 Å². The molecular formula is C31H39NO8. The number of hydrogen-bond donors (Lipinski definition) is 3. The van der Waals surface area contributed by atoms with Crippen LogP contribution in [0.3, 0.4) is 0 Å². The lowest BCUT2D eigenvalue weighted by molar-refractivity contribution is -0.261. The highest BCUT2D eigenvalue weighted by atomic mass is 16.7. The van der Waals surface area contributed by atoms with E-state index in [0.717, 1.165) is 12.0 Å². The van der Waals surface area contributed by atoms with Gasteiger partial charge in [-0.05, 0) is 51.7 Å². The summed E-state index contributed by atoms with van der Waals surface area (Å²) in [5, 5.41) is 24.0. The van der Waals surface area contributed by atoms with Gasteiger partial charge in [0, 0.05) is 36.0 Å². The number of phenols is 1. The molecule has 3 bridgehead atoms.